The van der Waals surface area contributed by atoms with Crippen molar-refractivity contribution in [2.45, 2.75) is 19.8 Å². The Bertz CT molecular complexity index is 627. The zero-order valence-corrected chi connectivity index (χ0v) is 10.3. The van der Waals surface area contributed by atoms with Gasteiger partial charge in [-0.3, -0.25) is 4.79 Å². The van der Waals surface area contributed by atoms with E-state index in [2.05, 4.69) is 17.2 Å². The minimum Gasteiger partial charge on any atom is -0.321 e. The van der Waals surface area contributed by atoms with Crippen LogP contribution in [0.5, 0.6) is 0 Å². The van der Waals surface area contributed by atoms with E-state index in [9.17, 15) is 4.79 Å². The molecule has 0 atom stereocenters. The summed E-state index contributed by atoms with van der Waals surface area (Å²) in [6.45, 7) is 2.11. The van der Waals surface area contributed by atoms with E-state index in [0.717, 1.165) is 39.9 Å². The van der Waals surface area contributed by atoms with E-state index in [0.29, 0.717) is 0 Å². The highest BCUT2D eigenvalue weighted by molar-refractivity contribution is 7.17. The fraction of sp³-hybridized carbons (Fsp3) is 0.231. The molecule has 0 spiro atoms. The summed E-state index contributed by atoms with van der Waals surface area (Å²) in [6.07, 6.45) is 4.00. The monoisotopic (exact) mass is 244 g/mol. The molecule has 1 aliphatic rings. The van der Waals surface area contributed by atoms with Gasteiger partial charge in [0, 0.05) is 11.1 Å². The molecule has 1 amide bonds. The molecule has 0 saturated carbocycles. The van der Waals surface area contributed by atoms with Crippen LogP contribution in [0.1, 0.15) is 25.3 Å². The molecule has 3 nitrogen and oxygen atoms in total. The van der Waals surface area contributed by atoms with Crippen LogP contribution in [0.3, 0.4) is 0 Å². The van der Waals surface area contributed by atoms with Gasteiger partial charge in [-0.25, -0.2) is 4.98 Å². The van der Waals surface area contributed by atoms with Crippen LogP contribution in [-0.2, 0) is 4.79 Å². The third kappa shape index (κ3) is 1.56. The van der Waals surface area contributed by atoms with Gasteiger partial charge >= 0.3 is 0 Å². The lowest BCUT2D eigenvalue weighted by Crippen LogP contribution is -2.03. The van der Waals surface area contributed by atoms with E-state index in [1.54, 1.807) is 11.3 Å². The summed E-state index contributed by atoms with van der Waals surface area (Å²) >= 11 is 1.59. The second-order valence-corrected chi connectivity index (χ2v) is 4.90. The third-order valence-electron chi connectivity index (χ3n) is 2.90. The Hall–Kier alpha value is -1.68. The topological polar surface area (TPSA) is 42.0 Å². The summed E-state index contributed by atoms with van der Waals surface area (Å²) in [4.78, 5) is 16.2. The van der Waals surface area contributed by atoms with Gasteiger partial charge in [0.2, 0.25) is 0 Å². The van der Waals surface area contributed by atoms with E-state index in [1.807, 2.05) is 23.7 Å². The van der Waals surface area contributed by atoms with Crippen molar-refractivity contribution in [3.8, 4) is 0 Å². The summed E-state index contributed by atoms with van der Waals surface area (Å²) in [5.41, 5.74) is 5.53. The molecule has 0 aliphatic carbocycles. The lowest BCUT2D eigenvalue weighted by atomic mass is 10.1. The summed E-state index contributed by atoms with van der Waals surface area (Å²) in [5, 5.41) is 2.91. The predicted octanol–water partition coefficient (Wildman–Crippen LogP) is 3.43. The average Bonchev–Trinajstić information content (AvgIpc) is 2.89. The number of rotatable bonds is 2. The van der Waals surface area contributed by atoms with E-state index >= 15 is 0 Å². The fourth-order valence-corrected chi connectivity index (χ4v) is 2.94. The summed E-state index contributed by atoms with van der Waals surface area (Å²) in [7, 11) is 0. The maximum absolute atomic E-state index is 11.9. The molecule has 17 heavy (non-hydrogen) atoms. The maximum Gasteiger partial charge on any atom is 0.256 e. The van der Waals surface area contributed by atoms with Crippen LogP contribution in [0.4, 0.5) is 5.69 Å². The van der Waals surface area contributed by atoms with Crippen molar-refractivity contribution in [1.29, 1.82) is 0 Å². The first kappa shape index (κ1) is 10.5. The minimum absolute atomic E-state index is 0.00866. The van der Waals surface area contributed by atoms with Crippen LogP contribution in [0.2, 0.25) is 0 Å². The van der Waals surface area contributed by atoms with Crippen LogP contribution >= 0.6 is 11.3 Å². The molecule has 0 unspecified atom stereocenters. The number of carbonyl (C=O) groups excluding carboxylic acids is 1. The quantitative estimate of drug-likeness (QED) is 0.822. The second-order valence-electron chi connectivity index (χ2n) is 4.05. The Labute approximate surface area is 103 Å². The number of allylic oxidation sites excluding steroid dienone is 1. The molecular weight excluding hydrogens is 232 g/mol. The van der Waals surface area contributed by atoms with Crippen LogP contribution < -0.4 is 5.32 Å². The molecule has 0 fully saturated rings. The largest absolute Gasteiger partial charge is 0.321 e. The number of hydrogen-bond donors (Lipinski definition) is 1. The number of amides is 1. The molecule has 0 bridgehead atoms. The zero-order valence-electron chi connectivity index (χ0n) is 9.49. The normalized spacial score (nSPS) is 16.5. The molecule has 0 radical (unpaired) electrons. The maximum atomic E-state index is 11.9. The molecule has 2 aromatic rings. The Kier molecular flexibility index (Phi) is 2.44. The molecule has 86 valence electrons. The number of thiazole rings is 1. The Morgan fingerprint density at radius 1 is 1.47 bits per heavy atom. The van der Waals surface area contributed by atoms with Crippen LogP contribution in [0.15, 0.2) is 23.7 Å². The standard InChI is InChI=1S/C13H12N2OS/c1-2-3-4-8-11-9(15-13(8)16)5-6-10-12(11)17-7-14-10/h4-7H,2-3H2,1H3,(H,15,16)/b8-4-. The lowest BCUT2D eigenvalue weighted by molar-refractivity contribution is -0.110. The zero-order chi connectivity index (χ0) is 11.8. The number of unbranched alkanes of at least 4 members (excludes halogenated alkanes) is 1. The third-order valence-corrected chi connectivity index (χ3v) is 3.76. The first-order chi connectivity index (χ1) is 8.31. The van der Waals surface area contributed by atoms with Crippen LogP contribution in [0, 0.1) is 0 Å². The molecule has 0 saturated heterocycles. The predicted molar refractivity (Wildman–Crippen MR) is 71.1 cm³/mol. The minimum atomic E-state index is 0.00866. The van der Waals surface area contributed by atoms with Gasteiger partial charge in [0.1, 0.15) is 0 Å². The van der Waals surface area contributed by atoms with Crippen molar-refractivity contribution < 1.29 is 4.79 Å². The summed E-state index contributed by atoms with van der Waals surface area (Å²) < 4.78 is 1.10. The van der Waals surface area contributed by atoms with E-state index < -0.39 is 0 Å². The number of hydrogen-bond acceptors (Lipinski definition) is 3. The van der Waals surface area contributed by atoms with E-state index in [4.69, 9.17) is 0 Å². The average molecular weight is 244 g/mol. The van der Waals surface area contributed by atoms with Crippen molar-refractivity contribution in [2.75, 3.05) is 5.32 Å². The van der Waals surface area contributed by atoms with Crippen LogP contribution in [-0.4, -0.2) is 10.9 Å². The lowest BCUT2D eigenvalue weighted by Gasteiger charge is -1.99. The van der Waals surface area contributed by atoms with E-state index in [1.165, 1.54) is 0 Å². The van der Waals surface area contributed by atoms with Gasteiger partial charge in [0.15, 0.2) is 0 Å². The highest BCUT2D eigenvalue weighted by atomic mass is 32.1. The number of nitrogens with zero attached hydrogens (tertiary/aromatic N) is 1. The van der Waals surface area contributed by atoms with Crippen molar-refractivity contribution >= 4 is 38.7 Å². The molecule has 2 heterocycles. The Morgan fingerprint density at radius 3 is 3.18 bits per heavy atom. The molecule has 1 aliphatic heterocycles. The van der Waals surface area contributed by atoms with E-state index in [-0.39, 0.29) is 5.91 Å². The van der Waals surface area contributed by atoms with Gasteiger partial charge in [0.25, 0.3) is 5.91 Å². The number of fused-ring (bicyclic) bond motifs is 3. The number of carbonyl (C=O) groups is 1. The molecule has 1 N–H and O–H groups in total. The van der Waals surface area contributed by atoms with Crippen LogP contribution in [0.25, 0.3) is 15.8 Å². The van der Waals surface area contributed by atoms with Crippen molar-refractivity contribution in [3.63, 3.8) is 0 Å². The van der Waals surface area contributed by atoms with Crippen molar-refractivity contribution in [2.24, 2.45) is 0 Å². The highest BCUT2D eigenvalue weighted by Gasteiger charge is 2.26. The van der Waals surface area contributed by atoms with Gasteiger partial charge in [0.05, 0.1) is 21.4 Å². The van der Waals surface area contributed by atoms with Gasteiger partial charge in [-0.15, -0.1) is 11.3 Å². The number of nitrogens with one attached hydrogen (secondary N) is 1. The molecule has 3 rings (SSSR count). The number of anilines is 1. The first-order valence-electron chi connectivity index (χ1n) is 5.69. The smallest absolute Gasteiger partial charge is 0.256 e. The molecule has 4 heteroatoms. The molecule has 1 aromatic heterocycles. The Balaban J connectivity index is 2.24. The van der Waals surface area contributed by atoms with Crippen molar-refractivity contribution in [3.05, 3.63) is 29.3 Å². The first-order valence-corrected chi connectivity index (χ1v) is 6.57. The number of aromatic nitrogens is 1. The fourth-order valence-electron chi connectivity index (χ4n) is 2.09. The second kappa shape index (κ2) is 3.96. The van der Waals surface area contributed by atoms with Gasteiger partial charge in [-0.1, -0.05) is 19.4 Å². The van der Waals surface area contributed by atoms with Gasteiger partial charge in [-0.05, 0) is 18.6 Å². The summed E-state index contributed by atoms with van der Waals surface area (Å²) in [5.74, 6) is 0.00866. The van der Waals surface area contributed by atoms with Gasteiger partial charge in [-0.2, -0.15) is 0 Å². The Morgan fingerprint density at radius 2 is 2.35 bits per heavy atom. The molecule has 1 aromatic carbocycles. The molecular formula is C13H12N2OS. The number of benzene rings is 1. The summed E-state index contributed by atoms with van der Waals surface area (Å²) in [6, 6.07) is 3.88. The SMILES string of the molecule is CCC/C=C1\C(=O)Nc2ccc3ncsc3c21. The van der Waals surface area contributed by atoms with Gasteiger partial charge < -0.3 is 5.32 Å². The van der Waals surface area contributed by atoms with Crippen molar-refractivity contribution in [1.82, 2.24) is 4.98 Å². The highest BCUT2D eigenvalue weighted by Crippen LogP contribution is 2.39.